The highest BCUT2D eigenvalue weighted by Gasteiger charge is 2.25. The number of piperidine rings is 1. The van der Waals surface area contributed by atoms with Crippen LogP contribution in [0.25, 0.3) is 16.9 Å². The number of amides is 1. The molecule has 9 nitrogen and oxygen atoms in total. The average molecular weight is 417 g/mol. The fourth-order valence-electron chi connectivity index (χ4n) is 4.11. The zero-order chi connectivity index (χ0) is 21.4. The van der Waals surface area contributed by atoms with Crippen LogP contribution in [0.1, 0.15) is 29.0 Å². The molecule has 1 aliphatic rings. The minimum absolute atomic E-state index is 0.0311. The van der Waals surface area contributed by atoms with Gasteiger partial charge >= 0.3 is 0 Å². The Bertz CT molecular complexity index is 1280. The van der Waals surface area contributed by atoms with E-state index in [4.69, 9.17) is 0 Å². The SMILES string of the molecule is Cc1nc2ccc(C(=O)N3CCC(Cn4nc(-n5cccn5)ccc4=O)CC3)cc2[nH]1. The molecule has 3 aromatic heterocycles. The molecule has 0 spiro atoms. The topological polar surface area (TPSA) is 102 Å². The van der Waals surface area contributed by atoms with Crippen LogP contribution in [0.3, 0.4) is 0 Å². The molecule has 1 fully saturated rings. The van der Waals surface area contributed by atoms with Gasteiger partial charge in [-0.15, -0.1) is 5.10 Å². The van der Waals surface area contributed by atoms with Gasteiger partial charge < -0.3 is 9.88 Å². The lowest BCUT2D eigenvalue weighted by Crippen LogP contribution is -2.40. The van der Waals surface area contributed by atoms with Crippen molar-refractivity contribution < 1.29 is 4.79 Å². The number of imidazole rings is 1. The second kappa shape index (κ2) is 7.82. The van der Waals surface area contributed by atoms with Crippen molar-refractivity contribution in [2.75, 3.05) is 13.1 Å². The summed E-state index contributed by atoms with van der Waals surface area (Å²) in [4.78, 5) is 34.7. The lowest BCUT2D eigenvalue weighted by Gasteiger charge is -2.32. The molecule has 1 amide bonds. The Kier molecular flexibility index (Phi) is 4.85. The minimum atomic E-state index is -0.127. The number of rotatable bonds is 4. The number of carbonyl (C=O) groups is 1. The summed E-state index contributed by atoms with van der Waals surface area (Å²) in [5.74, 6) is 1.77. The molecule has 0 bridgehead atoms. The van der Waals surface area contributed by atoms with Crippen molar-refractivity contribution in [3.8, 4) is 5.82 Å². The molecular formula is C22H23N7O2. The fourth-order valence-corrected chi connectivity index (χ4v) is 4.11. The van der Waals surface area contributed by atoms with Crippen molar-refractivity contribution in [1.29, 1.82) is 0 Å². The molecule has 1 N–H and O–H groups in total. The van der Waals surface area contributed by atoms with Crippen LogP contribution in [0.2, 0.25) is 0 Å². The molecule has 1 saturated heterocycles. The molecule has 0 saturated carbocycles. The highest BCUT2D eigenvalue weighted by atomic mass is 16.2. The van der Waals surface area contributed by atoms with Gasteiger partial charge in [-0.25, -0.2) is 14.3 Å². The van der Waals surface area contributed by atoms with E-state index in [2.05, 4.69) is 20.2 Å². The molecule has 1 aliphatic heterocycles. The van der Waals surface area contributed by atoms with Crippen LogP contribution < -0.4 is 5.56 Å². The first-order valence-corrected chi connectivity index (χ1v) is 10.4. The summed E-state index contributed by atoms with van der Waals surface area (Å²) in [5, 5.41) is 8.63. The third-order valence-electron chi connectivity index (χ3n) is 5.77. The second-order valence-electron chi connectivity index (χ2n) is 7.95. The van der Waals surface area contributed by atoms with Crippen LogP contribution in [-0.2, 0) is 6.54 Å². The van der Waals surface area contributed by atoms with Crippen LogP contribution in [0, 0.1) is 12.8 Å². The van der Waals surface area contributed by atoms with Crippen LogP contribution >= 0.6 is 0 Å². The predicted octanol–water partition coefficient (Wildman–Crippen LogP) is 2.17. The first-order valence-electron chi connectivity index (χ1n) is 10.4. The molecule has 4 heterocycles. The molecule has 5 rings (SSSR count). The Morgan fingerprint density at radius 2 is 2.03 bits per heavy atom. The van der Waals surface area contributed by atoms with E-state index >= 15 is 0 Å². The normalized spacial score (nSPS) is 14.9. The molecule has 0 atom stereocenters. The van der Waals surface area contributed by atoms with E-state index in [1.54, 1.807) is 23.1 Å². The van der Waals surface area contributed by atoms with Gasteiger partial charge in [0.2, 0.25) is 0 Å². The molecule has 0 unspecified atom stereocenters. The number of aromatic amines is 1. The summed E-state index contributed by atoms with van der Waals surface area (Å²) in [5.41, 5.74) is 2.28. The number of benzene rings is 1. The van der Waals surface area contributed by atoms with Gasteiger partial charge in [0.25, 0.3) is 11.5 Å². The number of aryl methyl sites for hydroxylation is 1. The molecule has 0 aliphatic carbocycles. The first-order chi connectivity index (χ1) is 15.1. The van der Waals surface area contributed by atoms with Crippen LogP contribution in [0.5, 0.6) is 0 Å². The van der Waals surface area contributed by atoms with Crippen LogP contribution in [0.15, 0.2) is 53.6 Å². The summed E-state index contributed by atoms with van der Waals surface area (Å²) in [6.07, 6.45) is 5.13. The standard InChI is InChI=1S/C22H23N7O2/c1-15-24-18-4-3-17(13-19(18)25-15)22(31)27-11-7-16(8-12-27)14-29-21(30)6-5-20(26-29)28-10-2-9-23-28/h2-6,9-10,13,16H,7-8,11-12,14H2,1H3,(H,24,25). The summed E-state index contributed by atoms with van der Waals surface area (Å²) >= 11 is 0. The van der Waals surface area contributed by atoms with E-state index in [1.807, 2.05) is 36.1 Å². The van der Waals surface area contributed by atoms with Gasteiger partial charge in [-0.1, -0.05) is 0 Å². The van der Waals surface area contributed by atoms with Gasteiger partial charge in [-0.3, -0.25) is 9.59 Å². The van der Waals surface area contributed by atoms with Gasteiger partial charge in [0.15, 0.2) is 5.82 Å². The molecule has 0 radical (unpaired) electrons. The van der Waals surface area contributed by atoms with E-state index in [0.29, 0.717) is 36.9 Å². The van der Waals surface area contributed by atoms with E-state index < -0.39 is 0 Å². The highest BCUT2D eigenvalue weighted by Crippen LogP contribution is 2.21. The van der Waals surface area contributed by atoms with Crippen molar-refractivity contribution in [1.82, 2.24) is 34.4 Å². The summed E-state index contributed by atoms with van der Waals surface area (Å²) in [6, 6.07) is 10.6. The maximum absolute atomic E-state index is 13.0. The average Bonchev–Trinajstić information content (AvgIpc) is 3.44. The van der Waals surface area contributed by atoms with Crippen molar-refractivity contribution in [3.63, 3.8) is 0 Å². The van der Waals surface area contributed by atoms with Crippen molar-refractivity contribution in [2.45, 2.75) is 26.3 Å². The number of H-pyrrole nitrogens is 1. The van der Waals surface area contributed by atoms with Crippen molar-refractivity contribution in [3.05, 3.63) is 70.5 Å². The third kappa shape index (κ3) is 3.86. The molecule has 31 heavy (non-hydrogen) atoms. The lowest BCUT2D eigenvalue weighted by molar-refractivity contribution is 0.0680. The monoisotopic (exact) mass is 417 g/mol. The summed E-state index contributed by atoms with van der Waals surface area (Å²) in [6.45, 7) is 3.76. The number of aromatic nitrogens is 6. The van der Waals surface area contributed by atoms with E-state index in [0.717, 1.165) is 29.7 Å². The highest BCUT2D eigenvalue weighted by molar-refractivity contribution is 5.97. The van der Waals surface area contributed by atoms with Gasteiger partial charge in [0.1, 0.15) is 5.82 Å². The largest absolute Gasteiger partial charge is 0.342 e. The van der Waals surface area contributed by atoms with E-state index in [9.17, 15) is 9.59 Å². The maximum Gasteiger partial charge on any atom is 0.266 e. The zero-order valence-corrected chi connectivity index (χ0v) is 17.2. The van der Waals surface area contributed by atoms with E-state index in [-0.39, 0.29) is 11.5 Å². The van der Waals surface area contributed by atoms with Gasteiger partial charge in [0.05, 0.1) is 11.0 Å². The quantitative estimate of drug-likeness (QED) is 0.548. The first kappa shape index (κ1) is 19.2. The smallest absolute Gasteiger partial charge is 0.266 e. The van der Waals surface area contributed by atoms with Crippen LogP contribution in [0.4, 0.5) is 0 Å². The number of likely N-dealkylation sites (tertiary alicyclic amines) is 1. The molecular weight excluding hydrogens is 394 g/mol. The second-order valence-corrected chi connectivity index (χ2v) is 7.95. The zero-order valence-electron chi connectivity index (χ0n) is 17.2. The van der Waals surface area contributed by atoms with Gasteiger partial charge in [-0.2, -0.15) is 5.10 Å². The van der Waals surface area contributed by atoms with Crippen molar-refractivity contribution >= 4 is 16.9 Å². The number of nitrogens with zero attached hydrogens (tertiary/aromatic N) is 6. The molecule has 158 valence electrons. The Hall–Kier alpha value is -3.75. The predicted molar refractivity (Wildman–Crippen MR) is 115 cm³/mol. The minimum Gasteiger partial charge on any atom is -0.342 e. The number of nitrogens with one attached hydrogen (secondary N) is 1. The Morgan fingerprint density at radius 3 is 2.81 bits per heavy atom. The van der Waals surface area contributed by atoms with Crippen molar-refractivity contribution in [2.24, 2.45) is 5.92 Å². The Morgan fingerprint density at radius 1 is 1.19 bits per heavy atom. The molecule has 1 aromatic carbocycles. The van der Waals surface area contributed by atoms with Crippen LogP contribution in [-0.4, -0.2) is 53.4 Å². The summed E-state index contributed by atoms with van der Waals surface area (Å²) < 4.78 is 3.14. The number of hydrogen-bond acceptors (Lipinski definition) is 5. The van der Waals surface area contributed by atoms with E-state index in [1.165, 1.54) is 10.7 Å². The number of carbonyl (C=O) groups excluding carboxylic acids is 1. The van der Waals surface area contributed by atoms with Gasteiger partial charge in [-0.05, 0) is 56.0 Å². The number of hydrogen-bond donors (Lipinski definition) is 1. The molecule has 9 heteroatoms. The molecule has 4 aromatic rings. The number of fused-ring (bicyclic) bond motifs is 1. The third-order valence-corrected chi connectivity index (χ3v) is 5.77. The fraction of sp³-hybridized carbons (Fsp3) is 0.318. The lowest BCUT2D eigenvalue weighted by atomic mass is 9.96. The Balaban J connectivity index is 1.24. The maximum atomic E-state index is 13.0. The van der Waals surface area contributed by atoms with Gasteiger partial charge in [0, 0.05) is 43.7 Å². The Labute approximate surface area is 178 Å². The summed E-state index contributed by atoms with van der Waals surface area (Å²) in [7, 11) is 0.